The van der Waals surface area contributed by atoms with Gasteiger partial charge in [0.2, 0.25) is 0 Å². The van der Waals surface area contributed by atoms with E-state index in [0.717, 1.165) is 0 Å². The molecular formula is C13H17NS. The molecule has 0 aliphatic carbocycles. The molecule has 2 aromatic rings. The average Bonchev–Trinajstić information content (AvgIpc) is 2.70. The first-order chi connectivity index (χ1) is 7.22. The second-order valence-corrected chi connectivity index (χ2v) is 5.17. The van der Waals surface area contributed by atoms with Gasteiger partial charge in [0, 0.05) is 21.5 Å². The monoisotopic (exact) mass is 219 g/mol. The molecule has 2 unspecified atom stereocenters. The quantitative estimate of drug-likeness (QED) is 0.831. The molecule has 0 radical (unpaired) electrons. The molecule has 0 amide bonds. The second-order valence-electron chi connectivity index (χ2n) is 4.05. The van der Waals surface area contributed by atoms with Gasteiger partial charge in [0.05, 0.1) is 0 Å². The standard InChI is InChI=1S/C13H17NS/c1-9(10(2)14-3)13-8-11-6-4-5-7-12(11)15-13/h4-10,14H,1-3H3. The first-order valence-corrected chi connectivity index (χ1v) is 6.19. The zero-order valence-corrected chi connectivity index (χ0v) is 10.3. The molecule has 0 fully saturated rings. The van der Waals surface area contributed by atoms with E-state index in [0.29, 0.717) is 12.0 Å². The van der Waals surface area contributed by atoms with E-state index in [1.165, 1.54) is 15.0 Å². The predicted octanol–water partition coefficient (Wildman–Crippen LogP) is 3.61. The van der Waals surface area contributed by atoms with Crippen LogP contribution in [0.4, 0.5) is 0 Å². The van der Waals surface area contributed by atoms with Gasteiger partial charge in [-0.1, -0.05) is 25.1 Å². The van der Waals surface area contributed by atoms with Gasteiger partial charge in [0.15, 0.2) is 0 Å². The maximum atomic E-state index is 3.31. The highest BCUT2D eigenvalue weighted by atomic mass is 32.1. The number of thiophene rings is 1. The van der Waals surface area contributed by atoms with Gasteiger partial charge in [0.1, 0.15) is 0 Å². The van der Waals surface area contributed by atoms with Crippen LogP contribution in [0.2, 0.25) is 0 Å². The van der Waals surface area contributed by atoms with Crippen molar-refractivity contribution in [1.29, 1.82) is 0 Å². The van der Waals surface area contributed by atoms with E-state index >= 15 is 0 Å². The number of nitrogens with one attached hydrogen (secondary N) is 1. The van der Waals surface area contributed by atoms with Gasteiger partial charge in [-0.15, -0.1) is 11.3 Å². The summed E-state index contributed by atoms with van der Waals surface area (Å²) in [5, 5.41) is 4.68. The maximum Gasteiger partial charge on any atom is 0.0345 e. The van der Waals surface area contributed by atoms with E-state index in [2.05, 4.69) is 49.5 Å². The van der Waals surface area contributed by atoms with Gasteiger partial charge in [0.25, 0.3) is 0 Å². The van der Waals surface area contributed by atoms with Crippen LogP contribution in [0.1, 0.15) is 24.6 Å². The molecule has 15 heavy (non-hydrogen) atoms. The van der Waals surface area contributed by atoms with Crippen molar-refractivity contribution in [2.24, 2.45) is 0 Å². The lowest BCUT2D eigenvalue weighted by atomic mass is 10.0. The summed E-state index contributed by atoms with van der Waals surface area (Å²) in [4.78, 5) is 1.47. The van der Waals surface area contributed by atoms with Crippen molar-refractivity contribution in [2.75, 3.05) is 7.05 Å². The fourth-order valence-corrected chi connectivity index (χ4v) is 2.94. The molecule has 80 valence electrons. The van der Waals surface area contributed by atoms with E-state index in [9.17, 15) is 0 Å². The number of hydrogen-bond acceptors (Lipinski definition) is 2. The van der Waals surface area contributed by atoms with Crippen molar-refractivity contribution in [1.82, 2.24) is 5.32 Å². The lowest BCUT2D eigenvalue weighted by molar-refractivity contribution is 0.530. The lowest BCUT2D eigenvalue weighted by Crippen LogP contribution is -2.26. The number of hydrogen-bond donors (Lipinski definition) is 1. The van der Waals surface area contributed by atoms with Gasteiger partial charge in [-0.05, 0) is 31.5 Å². The third-order valence-electron chi connectivity index (χ3n) is 3.10. The lowest BCUT2D eigenvalue weighted by Gasteiger charge is -2.17. The molecule has 1 aromatic heterocycles. The maximum absolute atomic E-state index is 3.31. The van der Waals surface area contributed by atoms with E-state index in [1.54, 1.807) is 0 Å². The summed E-state index contributed by atoms with van der Waals surface area (Å²) >= 11 is 1.91. The topological polar surface area (TPSA) is 12.0 Å². The second kappa shape index (κ2) is 4.33. The highest BCUT2D eigenvalue weighted by molar-refractivity contribution is 7.19. The molecule has 1 aromatic carbocycles. The average molecular weight is 219 g/mol. The molecule has 1 heterocycles. The van der Waals surface area contributed by atoms with Gasteiger partial charge in [-0.3, -0.25) is 0 Å². The fraction of sp³-hybridized carbons (Fsp3) is 0.385. The van der Waals surface area contributed by atoms with Crippen molar-refractivity contribution in [3.63, 3.8) is 0 Å². The van der Waals surface area contributed by atoms with E-state index in [-0.39, 0.29) is 0 Å². The Kier molecular flexibility index (Phi) is 3.08. The minimum atomic E-state index is 0.526. The predicted molar refractivity (Wildman–Crippen MR) is 68.8 cm³/mol. The zero-order chi connectivity index (χ0) is 10.8. The van der Waals surface area contributed by atoms with Crippen LogP contribution in [0.3, 0.4) is 0 Å². The normalized spacial score (nSPS) is 15.4. The molecule has 1 N–H and O–H groups in total. The Labute approximate surface area is 95.1 Å². The highest BCUT2D eigenvalue weighted by Gasteiger charge is 2.14. The summed E-state index contributed by atoms with van der Waals surface area (Å²) in [6, 6.07) is 11.4. The molecule has 2 atom stereocenters. The van der Waals surface area contributed by atoms with Gasteiger partial charge < -0.3 is 5.32 Å². The molecule has 0 saturated heterocycles. The minimum Gasteiger partial charge on any atom is -0.317 e. The Bertz CT molecular complexity index is 413. The fourth-order valence-electron chi connectivity index (χ4n) is 1.72. The number of benzene rings is 1. The number of rotatable bonds is 3. The van der Waals surface area contributed by atoms with Crippen LogP contribution in [0.5, 0.6) is 0 Å². The van der Waals surface area contributed by atoms with E-state index < -0.39 is 0 Å². The first-order valence-electron chi connectivity index (χ1n) is 5.38. The molecule has 0 spiro atoms. The molecule has 0 aliphatic heterocycles. The van der Waals surface area contributed by atoms with Crippen molar-refractivity contribution < 1.29 is 0 Å². The first kappa shape index (κ1) is 10.7. The molecule has 0 bridgehead atoms. The minimum absolute atomic E-state index is 0.526. The molecule has 2 heteroatoms. The summed E-state index contributed by atoms with van der Waals surface area (Å²) in [5.41, 5.74) is 0. The third kappa shape index (κ3) is 2.06. The van der Waals surface area contributed by atoms with Crippen LogP contribution < -0.4 is 5.32 Å². The smallest absolute Gasteiger partial charge is 0.0345 e. The Morgan fingerprint density at radius 2 is 1.93 bits per heavy atom. The molecule has 1 nitrogen and oxygen atoms in total. The van der Waals surface area contributed by atoms with Gasteiger partial charge >= 0.3 is 0 Å². The summed E-state index contributed by atoms with van der Waals surface area (Å²) in [6.45, 7) is 4.51. The molecule has 0 saturated carbocycles. The van der Waals surface area contributed by atoms with Crippen molar-refractivity contribution in [3.8, 4) is 0 Å². The Morgan fingerprint density at radius 3 is 2.60 bits per heavy atom. The SMILES string of the molecule is CNC(C)C(C)c1cc2ccccc2s1. The van der Waals surface area contributed by atoms with Crippen LogP contribution in [-0.4, -0.2) is 13.1 Å². The number of likely N-dealkylation sites (N-methyl/N-ethyl adjacent to an activating group) is 1. The summed E-state index contributed by atoms with van der Waals surface area (Å²) < 4.78 is 1.39. The molecule has 2 rings (SSSR count). The van der Waals surface area contributed by atoms with Gasteiger partial charge in [-0.25, -0.2) is 0 Å². The van der Waals surface area contributed by atoms with Crippen molar-refractivity contribution in [2.45, 2.75) is 25.8 Å². The van der Waals surface area contributed by atoms with Crippen LogP contribution >= 0.6 is 11.3 Å². The van der Waals surface area contributed by atoms with Crippen LogP contribution in [0, 0.1) is 0 Å². The number of fused-ring (bicyclic) bond motifs is 1. The summed E-state index contributed by atoms with van der Waals surface area (Å²) in [5.74, 6) is 0.576. The zero-order valence-electron chi connectivity index (χ0n) is 9.45. The Balaban J connectivity index is 2.36. The van der Waals surface area contributed by atoms with Crippen LogP contribution in [-0.2, 0) is 0 Å². The van der Waals surface area contributed by atoms with Crippen molar-refractivity contribution in [3.05, 3.63) is 35.2 Å². The van der Waals surface area contributed by atoms with Crippen LogP contribution in [0.15, 0.2) is 30.3 Å². The highest BCUT2D eigenvalue weighted by Crippen LogP contribution is 2.32. The molecular weight excluding hydrogens is 202 g/mol. The van der Waals surface area contributed by atoms with Gasteiger partial charge in [-0.2, -0.15) is 0 Å². The van der Waals surface area contributed by atoms with Crippen LogP contribution in [0.25, 0.3) is 10.1 Å². The summed E-state index contributed by atoms with van der Waals surface area (Å²) in [7, 11) is 2.02. The van der Waals surface area contributed by atoms with Crippen molar-refractivity contribution >= 4 is 21.4 Å². The Morgan fingerprint density at radius 1 is 1.20 bits per heavy atom. The molecule has 0 aliphatic rings. The largest absolute Gasteiger partial charge is 0.317 e. The summed E-state index contributed by atoms with van der Waals surface area (Å²) in [6.07, 6.45) is 0. The Hall–Kier alpha value is -0.860. The van der Waals surface area contributed by atoms with E-state index in [4.69, 9.17) is 0 Å². The van der Waals surface area contributed by atoms with E-state index in [1.807, 2.05) is 18.4 Å². The third-order valence-corrected chi connectivity index (χ3v) is 4.42.